The number of rotatable bonds is 2. The van der Waals surface area contributed by atoms with Gasteiger partial charge >= 0.3 is 24.3 Å². The molecule has 1 heterocycles. The molecular weight excluding hydrogens is 314 g/mol. The third-order valence-electron chi connectivity index (χ3n) is 1.93. The van der Waals surface area contributed by atoms with E-state index in [1.165, 1.54) is 19.5 Å². The molecule has 0 aromatic rings. The summed E-state index contributed by atoms with van der Waals surface area (Å²) in [5.74, 6) is -4.62. The van der Waals surface area contributed by atoms with E-state index in [0.29, 0.717) is 0 Å². The van der Waals surface area contributed by atoms with Crippen LogP contribution in [0.25, 0.3) is 0 Å². The second kappa shape index (κ2) is 9.39. The monoisotopic (exact) mass is 328 g/mol. The third kappa shape index (κ3) is 13.2. The van der Waals surface area contributed by atoms with Crippen LogP contribution in [-0.4, -0.2) is 54.1 Å². The Morgan fingerprint density at radius 1 is 1.00 bits per heavy atom. The molecule has 0 spiro atoms. The lowest BCUT2D eigenvalue weighted by Crippen LogP contribution is -2.42. The van der Waals surface area contributed by atoms with E-state index < -0.39 is 24.3 Å². The molecule has 0 aromatic heterocycles. The van der Waals surface area contributed by atoms with Crippen molar-refractivity contribution in [2.45, 2.75) is 18.8 Å². The van der Waals surface area contributed by atoms with E-state index in [2.05, 4.69) is 5.32 Å². The lowest BCUT2D eigenvalue weighted by atomic mass is 10.00. The number of nitrogens with two attached hydrogens (primary N) is 1. The van der Waals surface area contributed by atoms with Crippen molar-refractivity contribution in [2.24, 2.45) is 11.7 Å². The standard InChI is InChI=1S/C5H12N2.2C2HF3O2/c6-2-1-5-3-7-4-5;2*3-2(4,5)1(6)7/h5,7H,1-4,6H2;2*(H,6,7). The summed E-state index contributed by atoms with van der Waals surface area (Å²) in [7, 11) is 0. The minimum atomic E-state index is -5.08. The van der Waals surface area contributed by atoms with Gasteiger partial charge in [0.2, 0.25) is 0 Å². The zero-order valence-electron chi connectivity index (χ0n) is 10.5. The quantitative estimate of drug-likeness (QED) is 0.558. The first-order chi connectivity index (χ1) is 9.32. The van der Waals surface area contributed by atoms with Crippen LogP contribution in [0.5, 0.6) is 0 Å². The Labute approximate surface area is 114 Å². The number of alkyl halides is 6. The van der Waals surface area contributed by atoms with Gasteiger partial charge in [0.15, 0.2) is 0 Å². The molecule has 0 atom stereocenters. The van der Waals surface area contributed by atoms with Crippen LogP contribution in [0.3, 0.4) is 0 Å². The summed E-state index contributed by atoms with van der Waals surface area (Å²) < 4.78 is 63.5. The molecule has 1 rings (SSSR count). The maximum absolute atomic E-state index is 10.6. The van der Waals surface area contributed by atoms with Crippen molar-refractivity contribution in [3.8, 4) is 0 Å². The Bertz CT molecular complexity index is 303. The number of carboxylic acid groups (broad SMARTS) is 2. The molecule has 21 heavy (non-hydrogen) atoms. The number of carboxylic acids is 2. The van der Waals surface area contributed by atoms with Gasteiger partial charge in [0, 0.05) is 0 Å². The fourth-order valence-corrected chi connectivity index (χ4v) is 0.788. The molecule has 1 fully saturated rings. The zero-order valence-corrected chi connectivity index (χ0v) is 10.5. The summed E-state index contributed by atoms with van der Waals surface area (Å²) in [5, 5.41) is 17.4. The fourth-order valence-electron chi connectivity index (χ4n) is 0.788. The molecule has 0 unspecified atom stereocenters. The summed E-state index contributed by atoms with van der Waals surface area (Å²) in [5.41, 5.74) is 5.31. The number of carbonyl (C=O) groups is 2. The predicted molar refractivity (Wildman–Crippen MR) is 57.4 cm³/mol. The van der Waals surface area contributed by atoms with Gasteiger partial charge in [-0.1, -0.05) is 0 Å². The van der Waals surface area contributed by atoms with Crippen LogP contribution in [0.1, 0.15) is 6.42 Å². The molecule has 0 aromatic carbocycles. The summed E-state index contributed by atoms with van der Waals surface area (Å²) in [6, 6.07) is 0. The second-order valence-electron chi connectivity index (χ2n) is 3.71. The average molecular weight is 328 g/mol. The van der Waals surface area contributed by atoms with E-state index in [1.54, 1.807) is 0 Å². The first-order valence-corrected chi connectivity index (χ1v) is 5.33. The highest BCUT2D eigenvalue weighted by Gasteiger charge is 2.38. The van der Waals surface area contributed by atoms with Crippen molar-refractivity contribution in [1.82, 2.24) is 5.32 Å². The molecule has 126 valence electrons. The highest BCUT2D eigenvalue weighted by Crippen LogP contribution is 2.13. The topological polar surface area (TPSA) is 113 Å². The lowest BCUT2D eigenvalue weighted by Gasteiger charge is -2.26. The number of hydrogen-bond acceptors (Lipinski definition) is 4. The molecular formula is C9H14F6N2O4. The molecule has 1 aliphatic rings. The van der Waals surface area contributed by atoms with Crippen molar-refractivity contribution in [3.63, 3.8) is 0 Å². The summed E-state index contributed by atoms with van der Waals surface area (Å²) >= 11 is 0. The van der Waals surface area contributed by atoms with Gasteiger partial charge in [0.1, 0.15) is 0 Å². The van der Waals surface area contributed by atoms with Crippen molar-refractivity contribution < 1.29 is 46.1 Å². The van der Waals surface area contributed by atoms with Gasteiger partial charge in [-0.3, -0.25) is 0 Å². The molecule has 6 nitrogen and oxygen atoms in total. The minimum Gasteiger partial charge on any atom is -0.475 e. The van der Waals surface area contributed by atoms with Gasteiger partial charge in [-0.25, -0.2) is 9.59 Å². The summed E-state index contributed by atoms with van der Waals surface area (Å²) in [6.45, 7) is 3.24. The molecule has 0 amide bonds. The van der Waals surface area contributed by atoms with Crippen LogP contribution in [0.15, 0.2) is 0 Å². The zero-order chi connectivity index (χ0) is 17.3. The normalized spacial score (nSPS) is 14.8. The van der Waals surface area contributed by atoms with Crippen LogP contribution < -0.4 is 11.1 Å². The van der Waals surface area contributed by atoms with Gasteiger partial charge in [0.25, 0.3) is 0 Å². The van der Waals surface area contributed by atoms with Crippen molar-refractivity contribution >= 4 is 11.9 Å². The average Bonchev–Trinajstić information content (AvgIpc) is 2.22. The van der Waals surface area contributed by atoms with Crippen LogP contribution in [0, 0.1) is 5.92 Å². The number of nitrogens with one attached hydrogen (secondary N) is 1. The highest BCUT2D eigenvalue weighted by atomic mass is 19.4. The Morgan fingerprint density at radius 3 is 1.33 bits per heavy atom. The Balaban J connectivity index is 0. The maximum Gasteiger partial charge on any atom is 0.490 e. The Kier molecular flexibility index (Phi) is 9.72. The van der Waals surface area contributed by atoms with E-state index >= 15 is 0 Å². The van der Waals surface area contributed by atoms with Crippen LogP contribution in [0.2, 0.25) is 0 Å². The second-order valence-corrected chi connectivity index (χ2v) is 3.71. The van der Waals surface area contributed by atoms with E-state index in [-0.39, 0.29) is 0 Å². The van der Waals surface area contributed by atoms with Crippen molar-refractivity contribution in [3.05, 3.63) is 0 Å². The molecule has 5 N–H and O–H groups in total. The first kappa shape index (κ1) is 21.7. The smallest absolute Gasteiger partial charge is 0.475 e. The van der Waals surface area contributed by atoms with Crippen molar-refractivity contribution in [2.75, 3.05) is 19.6 Å². The van der Waals surface area contributed by atoms with Crippen LogP contribution in [0.4, 0.5) is 26.3 Å². The number of aliphatic carboxylic acids is 2. The van der Waals surface area contributed by atoms with Crippen LogP contribution >= 0.6 is 0 Å². The van der Waals surface area contributed by atoms with E-state index in [4.69, 9.17) is 25.5 Å². The van der Waals surface area contributed by atoms with E-state index in [0.717, 1.165) is 12.5 Å². The molecule has 0 saturated carbocycles. The number of halogens is 6. The SMILES string of the molecule is NCCC1CNC1.O=C(O)C(F)(F)F.O=C(O)C(F)(F)F. The predicted octanol–water partition coefficient (Wildman–Crippen LogP) is 0.821. The fraction of sp³-hybridized carbons (Fsp3) is 0.778. The van der Waals surface area contributed by atoms with Gasteiger partial charge in [0.05, 0.1) is 0 Å². The summed E-state index contributed by atoms with van der Waals surface area (Å²) in [4.78, 5) is 17.8. The molecule has 0 radical (unpaired) electrons. The molecule has 12 heteroatoms. The van der Waals surface area contributed by atoms with Gasteiger partial charge < -0.3 is 21.3 Å². The third-order valence-corrected chi connectivity index (χ3v) is 1.93. The van der Waals surface area contributed by atoms with Crippen LogP contribution in [-0.2, 0) is 9.59 Å². The molecule has 0 aliphatic carbocycles. The van der Waals surface area contributed by atoms with Gasteiger partial charge in [-0.05, 0) is 32.0 Å². The first-order valence-electron chi connectivity index (χ1n) is 5.33. The van der Waals surface area contributed by atoms with Gasteiger partial charge in [-0.15, -0.1) is 0 Å². The molecule has 1 aliphatic heterocycles. The number of hydrogen-bond donors (Lipinski definition) is 4. The van der Waals surface area contributed by atoms with Gasteiger partial charge in [-0.2, -0.15) is 26.3 Å². The lowest BCUT2D eigenvalue weighted by molar-refractivity contribution is -0.193. The Morgan fingerprint density at radius 2 is 1.29 bits per heavy atom. The highest BCUT2D eigenvalue weighted by molar-refractivity contribution is 5.73. The van der Waals surface area contributed by atoms with E-state index in [9.17, 15) is 26.3 Å². The largest absolute Gasteiger partial charge is 0.490 e. The Hall–Kier alpha value is -1.56. The van der Waals surface area contributed by atoms with E-state index in [1.807, 2.05) is 0 Å². The molecule has 0 bridgehead atoms. The summed E-state index contributed by atoms with van der Waals surface area (Å²) in [6.07, 6.45) is -8.97. The van der Waals surface area contributed by atoms with Crippen molar-refractivity contribution in [1.29, 1.82) is 0 Å². The molecule has 1 saturated heterocycles. The maximum atomic E-state index is 10.6. The minimum absolute atomic E-state index is 0.854.